The normalized spacial score (nSPS) is 18.2. The van der Waals surface area contributed by atoms with Crippen LogP contribution in [0.1, 0.15) is 90.0 Å². The molecule has 4 aliphatic rings. The minimum atomic E-state index is -0.0379. The number of anilines is 1. The van der Waals surface area contributed by atoms with Crippen LogP contribution in [0.4, 0.5) is 5.69 Å². The zero-order valence-corrected chi connectivity index (χ0v) is 25.0. The van der Waals surface area contributed by atoms with Crippen molar-refractivity contribution in [2.24, 2.45) is 5.73 Å². The SMILES string of the molecule is C1=CCCC=C1.C1CC1.C=CC(Cc1ccc(NC)cc1)NC(=O)C1CCCN1.CC.NCCCC=C1CC1. The lowest BCUT2D eigenvalue weighted by molar-refractivity contribution is -0.123. The average molecular weight is 537 g/mol. The van der Waals surface area contributed by atoms with E-state index in [0.717, 1.165) is 44.5 Å². The molecule has 1 amide bonds. The molecule has 1 saturated heterocycles. The van der Waals surface area contributed by atoms with Crippen molar-refractivity contribution in [2.75, 3.05) is 25.5 Å². The van der Waals surface area contributed by atoms with Crippen LogP contribution in [-0.4, -0.2) is 38.1 Å². The summed E-state index contributed by atoms with van der Waals surface area (Å²) in [5.74, 6) is 0.0826. The van der Waals surface area contributed by atoms with Crippen molar-refractivity contribution < 1.29 is 4.79 Å². The molecule has 218 valence electrons. The van der Waals surface area contributed by atoms with Crippen LogP contribution in [0.25, 0.3) is 0 Å². The van der Waals surface area contributed by atoms with Crippen LogP contribution in [0.2, 0.25) is 0 Å². The van der Waals surface area contributed by atoms with Gasteiger partial charge >= 0.3 is 0 Å². The number of nitrogens with one attached hydrogen (secondary N) is 3. The monoisotopic (exact) mass is 536 g/mol. The van der Waals surface area contributed by atoms with E-state index >= 15 is 0 Å². The third-order valence-electron chi connectivity index (χ3n) is 6.30. The number of carbonyl (C=O) groups excluding carboxylic acids is 1. The number of rotatable bonds is 9. The van der Waals surface area contributed by atoms with E-state index in [0.29, 0.717) is 0 Å². The molecular weight excluding hydrogens is 480 g/mol. The molecule has 2 atom stereocenters. The average Bonchev–Trinajstić information content (AvgIpc) is 3.96. The topological polar surface area (TPSA) is 79.2 Å². The molecule has 1 aromatic rings. The minimum absolute atomic E-state index is 0.0228. The lowest BCUT2D eigenvalue weighted by Gasteiger charge is -2.18. The van der Waals surface area contributed by atoms with Crippen LogP contribution in [0.5, 0.6) is 0 Å². The number of amides is 1. The maximum atomic E-state index is 12.1. The zero-order valence-electron chi connectivity index (χ0n) is 25.0. The van der Waals surface area contributed by atoms with Crippen LogP contribution in [0, 0.1) is 0 Å². The van der Waals surface area contributed by atoms with Crippen LogP contribution in [0.15, 0.2) is 72.9 Å². The molecule has 5 heteroatoms. The van der Waals surface area contributed by atoms with E-state index in [1.54, 1.807) is 11.6 Å². The Kier molecular flexibility index (Phi) is 20.5. The second kappa shape index (κ2) is 23.3. The molecule has 0 spiro atoms. The van der Waals surface area contributed by atoms with Gasteiger partial charge in [-0.2, -0.15) is 0 Å². The highest BCUT2D eigenvalue weighted by Gasteiger charge is 2.23. The third kappa shape index (κ3) is 19.1. The Morgan fingerprint density at radius 3 is 2.13 bits per heavy atom. The van der Waals surface area contributed by atoms with Gasteiger partial charge in [0.05, 0.1) is 12.1 Å². The minimum Gasteiger partial charge on any atom is -0.388 e. The van der Waals surface area contributed by atoms with E-state index in [1.807, 2.05) is 33.0 Å². The van der Waals surface area contributed by atoms with E-state index < -0.39 is 0 Å². The molecule has 0 bridgehead atoms. The predicted molar refractivity (Wildman–Crippen MR) is 171 cm³/mol. The van der Waals surface area contributed by atoms with Gasteiger partial charge in [-0.1, -0.05) is 87.3 Å². The number of hydrogen-bond donors (Lipinski definition) is 4. The molecule has 2 unspecified atom stereocenters. The summed E-state index contributed by atoms with van der Waals surface area (Å²) in [5.41, 5.74) is 9.22. The van der Waals surface area contributed by atoms with Crippen molar-refractivity contribution in [3.05, 3.63) is 78.4 Å². The fraction of sp³-hybridized carbons (Fsp3) is 0.559. The van der Waals surface area contributed by atoms with Gasteiger partial charge in [0.25, 0.3) is 0 Å². The number of unbranched alkanes of at least 4 members (excludes halogenated alkanes) is 1. The predicted octanol–water partition coefficient (Wildman–Crippen LogP) is 7.23. The van der Waals surface area contributed by atoms with E-state index in [1.165, 1.54) is 56.9 Å². The first-order valence-electron chi connectivity index (χ1n) is 15.3. The maximum Gasteiger partial charge on any atom is 0.237 e. The smallest absolute Gasteiger partial charge is 0.237 e. The molecule has 1 aliphatic heterocycles. The van der Waals surface area contributed by atoms with Crippen molar-refractivity contribution in [1.82, 2.24) is 10.6 Å². The molecule has 0 aromatic heterocycles. The summed E-state index contributed by atoms with van der Waals surface area (Å²) >= 11 is 0. The van der Waals surface area contributed by atoms with Crippen molar-refractivity contribution in [2.45, 2.75) is 103 Å². The highest BCUT2D eigenvalue weighted by Crippen LogP contribution is 2.27. The van der Waals surface area contributed by atoms with E-state index in [2.05, 4.69) is 65.0 Å². The van der Waals surface area contributed by atoms with Crippen molar-refractivity contribution in [1.29, 1.82) is 0 Å². The molecule has 1 heterocycles. The highest BCUT2D eigenvalue weighted by molar-refractivity contribution is 5.82. The summed E-state index contributed by atoms with van der Waals surface area (Å²) in [7, 11) is 1.90. The van der Waals surface area contributed by atoms with E-state index in [9.17, 15) is 4.79 Å². The Bertz CT molecular complexity index is 828. The van der Waals surface area contributed by atoms with Crippen LogP contribution in [0.3, 0.4) is 0 Å². The maximum absolute atomic E-state index is 12.1. The number of carbonyl (C=O) groups is 1. The zero-order chi connectivity index (χ0) is 28.6. The van der Waals surface area contributed by atoms with Gasteiger partial charge in [-0.25, -0.2) is 0 Å². The van der Waals surface area contributed by atoms with Gasteiger partial charge in [-0.15, -0.1) is 6.58 Å². The molecule has 2 saturated carbocycles. The Morgan fingerprint density at radius 2 is 1.72 bits per heavy atom. The lowest BCUT2D eigenvalue weighted by Crippen LogP contribution is -2.45. The van der Waals surface area contributed by atoms with Gasteiger partial charge in [0, 0.05) is 12.7 Å². The van der Waals surface area contributed by atoms with Gasteiger partial charge in [0.1, 0.15) is 0 Å². The Morgan fingerprint density at radius 1 is 1.08 bits per heavy atom. The summed E-state index contributed by atoms with van der Waals surface area (Å²) in [6, 6.07) is 8.16. The molecule has 5 N–H and O–H groups in total. The summed E-state index contributed by atoms with van der Waals surface area (Å²) in [6.07, 6.45) is 27.5. The van der Waals surface area contributed by atoms with Crippen molar-refractivity contribution in [3.63, 3.8) is 0 Å². The Labute approximate surface area is 239 Å². The molecule has 0 radical (unpaired) electrons. The first-order valence-corrected chi connectivity index (χ1v) is 15.3. The second-order valence-electron chi connectivity index (χ2n) is 9.94. The molecule has 1 aromatic carbocycles. The molecule has 5 nitrogen and oxygen atoms in total. The number of nitrogens with two attached hydrogens (primary N) is 1. The van der Waals surface area contributed by atoms with Gasteiger partial charge in [0.2, 0.25) is 5.91 Å². The molecule has 3 fully saturated rings. The summed E-state index contributed by atoms with van der Waals surface area (Å²) in [4.78, 5) is 12.1. The lowest BCUT2D eigenvalue weighted by atomic mass is 10.0. The van der Waals surface area contributed by atoms with Gasteiger partial charge in [0.15, 0.2) is 0 Å². The molecule has 3 aliphatic carbocycles. The largest absolute Gasteiger partial charge is 0.388 e. The fourth-order valence-electron chi connectivity index (χ4n) is 3.69. The van der Waals surface area contributed by atoms with Crippen LogP contribution < -0.4 is 21.7 Å². The van der Waals surface area contributed by atoms with Gasteiger partial charge in [-0.3, -0.25) is 4.79 Å². The van der Waals surface area contributed by atoms with Crippen LogP contribution >= 0.6 is 0 Å². The highest BCUT2D eigenvalue weighted by atomic mass is 16.2. The first kappa shape index (κ1) is 34.4. The Balaban J connectivity index is 0.000000323. The number of hydrogen-bond acceptors (Lipinski definition) is 4. The third-order valence-corrected chi connectivity index (χ3v) is 6.30. The van der Waals surface area contributed by atoms with Crippen molar-refractivity contribution in [3.8, 4) is 0 Å². The van der Waals surface area contributed by atoms with Crippen molar-refractivity contribution >= 4 is 11.6 Å². The van der Waals surface area contributed by atoms with Gasteiger partial charge < -0.3 is 21.7 Å². The van der Waals surface area contributed by atoms with Crippen LogP contribution in [-0.2, 0) is 11.2 Å². The first-order chi connectivity index (χ1) is 19.2. The second-order valence-corrected chi connectivity index (χ2v) is 9.94. The molecule has 5 rings (SSSR count). The summed E-state index contributed by atoms with van der Waals surface area (Å²) < 4.78 is 0. The Hall–Kier alpha value is -2.63. The summed E-state index contributed by atoms with van der Waals surface area (Å²) in [5, 5.41) is 9.35. The fourth-order valence-corrected chi connectivity index (χ4v) is 3.69. The summed E-state index contributed by atoms with van der Waals surface area (Å²) in [6.45, 7) is 9.59. The van der Waals surface area contributed by atoms with E-state index in [-0.39, 0.29) is 18.0 Å². The number of benzene rings is 1. The number of allylic oxidation sites excluding steroid dienone is 6. The standard InChI is InChI=1S/C16H23N3O.C7H13N.C6H8.C3H6.C2H6/c1-3-13(19-16(20)15-5-4-10-18-15)11-12-6-8-14(17-2)9-7-12;8-6-2-1-3-7-4-5-7;1-2-4-6-5-3-1;1-2-3-1;1-2/h3,6-9,13,15,17-18H,1,4-5,10-11H2,2H3,(H,19,20);3H,1-2,4-6,8H2;1-4H,5-6H2;1-3H2;1-2H3. The quantitative estimate of drug-likeness (QED) is 0.198. The molecule has 39 heavy (non-hydrogen) atoms. The van der Waals surface area contributed by atoms with Gasteiger partial charge in [-0.05, 0) is 88.6 Å². The van der Waals surface area contributed by atoms with E-state index in [4.69, 9.17) is 5.73 Å². The molecular formula is C34H56N4O.